The van der Waals surface area contributed by atoms with Gasteiger partial charge in [0.15, 0.2) is 0 Å². The lowest BCUT2D eigenvalue weighted by Crippen LogP contribution is -2.23. The highest BCUT2D eigenvalue weighted by molar-refractivity contribution is 7.11. The first-order valence-corrected chi connectivity index (χ1v) is 7.22. The standard InChI is InChI=1S/C13H22N2S/c1-4-5-6-12(15-11-7-8-11)13-14-9(2)10(3)16-13/h11-12,15H,4-8H2,1-3H3. The molecule has 1 N–H and O–H groups in total. The molecule has 1 aromatic heterocycles. The summed E-state index contributed by atoms with van der Waals surface area (Å²) in [5.41, 5.74) is 1.21. The second-order valence-electron chi connectivity index (χ2n) is 4.83. The lowest BCUT2D eigenvalue weighted by Gasteiger charge is -2.15. The predicted octanol–water partition coefficient (Wildman–Crippen LogP) is 3.74. The molecule has 1 saturated carbocycles. The zero-order valence-electron chi connectivity index (χ0n) is 10.5. The number of aromatic nitrogens is 1. The maximum absolute atomic E-state index is 4.70. The third-order valence-electron chi connectivity index (χ3n) is 3.20. The van der Waals surface area contributed by atoms with Crippen molar-refractivity contribution in [3.8, 4) is 0 Å². The summed E-state index contributed by atoms with van der Waals surface area (Å²) in [6.45, 7) is 6.54. The Labute approximate surface area is 102 Å². The SMILES string of the molecule is CCCCC(NC1CC1)c1nc(C)c(C)s1. The van der Waals surface area contributed by atoms with E-state index in [0.29, 0.717) is 6.04 Å². The van der Waals surface area contributed by atoms with Gasteiger partial charge in [0.1, 0.15) is 5.01 Å². The summed E-state index contributed by atoms with van der Waals surface area (Å²) in [5, 5.41) is 5.03. The van der Waals surface area contributed by atoms with Gasteiger partial charge < -0.3 is 5.32 Å². The van der Waals surface area contributed by atoms with Crippen LogP contribution in [-0.2, 0) is 0 Å². The highest BCUT2D eigenvalue weighted by Crippen LogP contribution is 2.30. The summed E-state index contributed by atoms with van der Waals surface area (Å²) in [6.07, 6.45) is 6.51. The van der Waals surface area contributed by atoms with Crippen molar-refractivity contribution in [2.75, 3.05) is 0 Å². The molecule has 90 valence electrons. The molecule has 2 nitrogen and oxygen atoms in total. The van der Waals surface area contributed by atoms with E-state index in [1.54, 1.807) is 0 Å². The predicted molar refractivity (Wildman–Crippen MR) is 70.0 cm³/mol. The van der Waals surface area contributed by atoms with Crippen molar-refractivity contribution in [3.63, 3.8) is 0 Å². The van der Waals surface area contributed by atoms with Crippen molar-refractivity contribution in [1.29, 1.82) is 0 Å². The van der Waals surface area contributed by atoms with Gasteiger partial charge >= 0.3 is 0 Å². The molecule has 1 aromatic rings. The van der Waals surface area contributed by atoms with Crippen molar-refractivity contribution in [3.05, 3.63) is 15.6 Å². The zero-order chi connectivity index (χ0) is 11.5. The molecule has 16 heavy (non-hydrogen) atoms. The van der Waals surface area contributed by atoms with Crippen molar-refractivity contribution in [2.45, 2.75) is 65.0 Å². The van der Waals surface area contributed by atoms with Gasteiger partial charge in [0.2, 0.25) is 0 Å². The second kappa shape index (κ2) is 5.28. The molecule has 0 saturated heterocycles. The summed E-state index contributed by atoms with van der Waals surface area (Å²) in [6, 6.07) is 1.27. The van der Waals surface area contributed by atoms with E-state index < -0.39 is 0 Å². The summed E-state index contributed by atoms with van der Waals surface area (Å²) < 4.78 is 0. The molecule has 1 heterocycles. The molecule has 0 aromatic carbocycles. The second-order valence-corrected chi connectivity index (χ2v) is 6.06. The van der Waals surface area contributed by atoms with E-state index in [2.05, 4.69) is 26.1 Å². The number of unbranched alkanes of at least 4 members (excludes halogenated alkanes) is 1. The average molecular weight is 238 g/mol. The molecule has 0 aliphatic heterocycles. The third-order valence-corrected chi connectivity index (χ3v) is 4.39. The number of nitrogens with one attached hydrogen (secondary N) is 1. The minimum atomic E-state index is 0.504. The normalized spacial score (nSPS) is 17.7. The van der Waals surface area contributed by atoms with Gasteiger partial charge in [-0.1, -0.05) is 19.8 Å². The minimum absolute atomic E-state index is 0.504. The Morgan fingerprint density at radius 1 is 1.44 bits per heavy atom. The fraction of sp³-hybridized carbons (Fsp3) is 0.769. The number of rotatable bonds is 6. The zero-order valence-corrected chi connectivity index (χ0v) is 11.4. The van der Waals surface area contributed by atoms with Gasteiger partial charge in [-0.2, -0.15) is 0 Å². The largest absolute Gasteiger partial charge is 0.305 e. The Hall–Kier alpha value is -0.410. The van der Waals surface area contributed by atoms with Crippen LogP contribution in [0.1, 0.15) is 60.6 Å². The van der Waals surface area contributed by atoms with Crippen LogP contribution in [-0.4, -0.2) is 11.0 Å². The van der Waals surface area contributed by atoms with Gasteiger partial charge in [-0.3, -0.25) is 0 Å². The molecule has 1 aliphatic carbocycles. The minimum Gasteiger partial charge on any atom is -0.305 e. The van der Waals surface area contributed by atoms with E-state index in [4.69, 9.17) is 4.98 Å². The monoisotopic (exact) mass is 238 g/mol. The number of aryl methyl sites for hydroxylation is 2. The molecular weight excluding hydrogens is 216 g/mol. The van der Waals surface area contributed by atoms with Crippen LogP contribution in [0.4, 0.5) is 0 Å². The first-order valence-electron chi connectivity index (χ1n) is 6.40. The summed E-state index contributed by atoms with van der Waals surface area (Å²) in [7, 11) is 0. The molecular formula is C13H22N2S. The first-order chi connectivity index (χ1) is 7.70. The fourth-order valence-electron chi connectivity index (χ4n) is 1.87. The van der Waals surface area contributed by atoms with E-state index in [1.165, 1.54) is 47.7 Å². The summed E-state index contributed by atoms with van der Waals surface area (Å²) in [5.74, 6) is 0. The van der Waals surface area contributed by atoms with Crippen LogP contribution in [0.5, 0.6) is 0 Å². The molecule has 0 amide bonds. The maximum Gasteiger partial charge on any atom is 0.110 e. The Balaban J connectivity index is 2.03. The van der Waals surface area contributed by atoms with E-state index in [0.717, 1.165) is 6.04 Å². The molecule has 1 fully saturated rings. The van der Waals surface area contributed by atoms with Gasteiger partial charge in [-0.15, -0.1) is 11.3 Å². The van der Waals surface area contributed by atoms with Crippen LogP contribution in [0.3, 0.4) is 0 Å². The lowest BCUT2D eigenvalue weighted by atomic mass is 10.1. The van der Waals surface area contributed by atoms with Crippen molar-refractivity contribution in [1.82, 2.24) is 10.3 Å². The van der Waals surface area contributed by atoms with Crippen molar-refractivity contribution < 1.29 is 0 Å². The van der Waals surface area contributed by atoms with E-state index in [-0.39, 0.29) is 0 Å². The molecule has 0 spiro atoms. The van der Waals surface area contributed by atoms with E-state index in [9.17, 15) is 0 Å². The summed E-state index contributed by atoms with van der Waals surface area (Å²) in [4.78, 5) is 6.07. The van der Waals surface area contributed by atoms with Gasteiger partial charge in [-0.25, -0.2) is 4.98 Å². The van der Waals surface area contributed by atoms with Gasteiger partial charge in [0.05, 0.1) is 11.7 Å². The smallest absolute Gasteiger partial charge is 0.110 e. The number of hydrogen-bond donors (Lipinski definition) is 1. The topological polar surface area (TPSA) is 24.9 Å². The quantitative estimate of drug-likeness (QED) is 0.816. The first kappa shape index (κ1) is 12.1. The van der Waals surface area contributed by atoms with Gasteiger partial charge in [-0.05, 0) is 33.1 Å². The Morgan fingerprint density at radius 3 is 2.69 bits per heavy atom. The molecule has 1 aliphatic rings. The fourth-order valence-corrected chi connectivity index (χ4v) is 2.89. The third kappa shape index (κ3) is 3.05. The molecule has 2 rings (SSSR count). The van der Waals surface area contributed by atoms with Crippen LogP contribution in [0.2, 0.25) is 0 Å². The number of hydrogen-bond acceptors (Lipinski definition) is 3. The highest BCUT2D eigenvalue weighted by Gasteiger charge is 2.26. The van der Waals surface area contributed by atoms with E-state index in [1.807, 2.05) is 11.3 Å². The van der Waals surface area contributed by atoms with Crippen molar-refractivity contribution in [2.24, 2.45) is 0 Å². The molecule has 0 bridgehead atoms. The molecule has 0 radical (unpaired) electrons. The molecule has 1 unspecified atom stereocenters. The van der Waals surface area contributed by atoms with Gasteiger partial charge in [0, 0.05) is 10.9 Å². The Bertz CT molecular complexity index is 322. The Kier molecular flexibility index (Phi) is 3.98. The number of thiazole rings is 1. The lowest BCUT2D eigenvalue weighted by molar-refractivity contribution is 0.476. The van der Waals surface area contributed by atoms with Gasteiger partial charge in [0.25, 0.3) is 0 Å². The van der Waals surface area contributed by atoms with Crippen LogP contribution in [0, 0.1) is 13.8 Å². The summed E-state index contributed by atoms with van der Waals surface area (Å²) >= 11 is 1.87. The Morgan fingerprint density at radius 2 is 2.19 bits per heavy atom. The van der Waals surface area contributed by atoms with Crippen molar-refractivity contribution >= 4 is 11.3 Å². The highest BCUT2D eigenvalue weighted by atomic mass is 32.1. The average Bonchev–Trinajstić information content (AvgIpc) is 3.01. The van der Waals surface area contributed by atoms with Crippen LogP contribution >= 0.6 is 11.3 Å². The van der Waals surface area contributed by atoms with E-state index >= 15 is 0 Å². The maximum atomic E-state index is 4.70. The molecule has 3 heteroatoms. The molecule has 1 atom stereocenters. The van der Waals surface area contributed by atoms with Crippen LogP contribution < -0.4 is 5.32 Å². The van der Waals surface area contributed by atoms with Crippen LogP contribution in [0.25, 0.3) is 0 Å². The van der Waals surface area contributed by atoms with Crippen LogP contribution in [0.15, 0.2) is 0 Å². The number of nitrogens with zero attached hydrogens (tertiary/aromatic N) is 1.